The van der Waals surface area contributed by atoms with Crippen LogP contribution in [0.4, 0.5) is 0 Å². The van der Waals surface area contributed by atoms with Gasteiger partial charge in [-0.15, -0.1) is 0 Å². The van der Waals surface area contributed by atoms with E-state index < -0.39 is 0 Å². The highest BCUT2D eigenvalue weighted by Gasteiger charge is 2.09. The number of hydrogen-bond donors (Lipinski definition) is 1. The number of aliphatic hydroxyl groups is 1. The summed E-state index contributed by atoms with van der Waals surface area (Å²) in [6.07, 6.45) is 2.19. The van der Waals surface area contributed by atoms with Crippen molar-refractivity contribution in [2.45, 2.75) is 39.7 Å². The lowest BCUT2D eigenvalue weighted by Crippen LogP contribution is -2.34. The van der Waals surface area contributed by atoms with Crippen molar-refractivity contribution < 1.29 is 5.11 Å². The molecule has 1 N–H and O–H groups in total. The Kier molecular flexibility index (Phi) is 10.0. The summed E-state index contributed by atoms with van der Waals surface area (Å²) in [6, 6.07) is 0. The standard InChI is InChI=1S/C11H25NOS/c1-4-7-12(8-5-2)9-11(13)10-14-6-3/h11,13H,4-10H2,1-3H3. The molecule has 0 aromatic carbocycles. The molecule has 1 atom stereocenters. The SMILES string of the molecule is CCCN(CCC)CC(O)CSCC. The first-order valence-corrected chi connectivity index (χ1v) is 6.88. The average molecular weight is 219 g/mol. The van der Waals surface area contributed by atoms with Crippen molar-refractivity contribution in [2.75, 3.05) is 31.1 Å². The second-order valence-electron chi connectivity index (χ2n) is 3.61. The molecule has 0 saturated heterocycles. The van der Waals surface area contributed by atoms with Gasteiger partial charge in [-0.3, -0.25) is 0 Å². The minimum Gasteiger partial charge on any atom is -0.391 e. The molecule has 0 saturated carbocycles. The second kappa shape index (κ2) is 9.81. The molecular weight excluding hydrogens is 194 g/mol. The summed E-state index contributed by atoms with van der Waals surface area (Å²) < 4.78 is 0. The Hall–Kier alpha value is 0.270. The van der Waals surface area contributed by atoms with Gasteiger partial charge in [-0.1, -0.05) is 20.8 Å². The largest absolute Gasteiger partial charge is 0.391 e. The van der Waals surface area contributed by atoms with Crippen molar-refractivity contribution in [3.63, 3.8) is 0 Å². The van der Waals surface area contributed by atoms with Crippen LogP contribution in [0.5, 0.6) is 0 Å². The molecule has 0 amide bonds. The predicted molar refractivity (Wildman–Crippen MR) is 66.0 cm³/mol. The fourth-order valence-electron chi connectivity index (χ4n) is 1.53. The van der Waals surface area contributed by atoms with Crippen molar-refractivity contribution in [1.82, 2.24) is 4.90 Å². The Morgan fingerprint density at radius 2 is 1.71 bits per heavy atom. The van der Waals surface area contributed by atoms with E-state index in [4.69, 9.17) is 0 Å². The zero-order chi connectivity index (χ0) is 10.8. The number of aliphatic hydroxyl groups excluding tert-OH is 1. The molecule has 14 heavy (non-hydrogen) atoms. The number of nitrogens with zero attached hydrogens (tertiary/aromatic N) is 1. The van der Waals surface area contributed by atoms with Crippen LogP contribution in [0.3, 0.4) is 0 Å². The molecule has 0 aliphatic heterocycles. The van der Waals surface area contributed by atoms with Crippen LogP contribution >= 0.6 is 11.8 Å². The minimum atomic E-state index is -0.155. The van der Waals surface area contributed by atoms with Gasteiger partial charge in [0.1, 0.15) is 0 Å². The average Bonchev–Trinajstić information content (AvgIpc) is 2.15. The Morgan fingerprint density at radius 3 is 2.14 bits per heavy atom. The lowest BCUT2D eigenvalue weighted by Gasteiger charge is -2.23. The quantitative estimate of drug-likeness (QED) is 0.643. The van der Waals surface area contributed by atoms with E-state index >= 15 is 0 Å². The summed E-state index contributed by atoms with van der Waals surface area (Å²) in [6.45, 7) is 9.58. The third kappa shape index (κ3) is 7.65. The van der Waals surface area contributed by atoms with E-state index in [0.29, 0.717) is 0 Å². The Labute approximate surface area is 93.1 Å². The Balaban J connectivity index is 3.64. The Bertz CT molecular complexity index is 116. The molecule has 0 aromatic heterocycles. The number of thioether (sulfide) groups is 1. The summed E-state index contributed by atoms with van der Waals surface area (Å²) in [5.74, 6) is 1.97. The minimum absolute atomic E-state index is 0.155. The topological polar surface area (TPSA) is 23.5 Å². The van der Waals surface area contributed by atoms with Gasteiger partial charge in [0.2, 0.25) is 0 Å². The smallest absolute Gasteiger partial charge is 0.0757 e. The Morgan fingerprint density at radius 1 is 1.14 bits per heavy atom. The van der Waals surface area contributed by atoms with E-state index in [1.54, 1.807) is 0 Å². The third-order valence-corrected chi connectivity index (χ3v) is 3.09. The lowest BCUT2D eigenvalue weighted by atomic mass is 10.3. The molecule has 0 radical (unpaired) electrons. The first-order chi connectivity index (χ1) is 6.74. The molecule has 0 heterocycles. The van der Waals surface area contributed by atoms with Gasteiger partial charge in [-0.05, 0) is 31.7 Å². The highest BCUT2D eigenvalue weighted by Crippen LogP contribution is 2.04. The molecule has 0 aliphatic carbocycles. The molecule has 0 aromatic rings. The first kappa shape index (κ1) is 14.3. The van der Waals surface area contributed by atoms with Crippen molar-refractivity contribution >= 4 is 11.8 Å². The normalized spacial score (nSPS) is 13.5. The van der Waals surface area contributed by atoms with Gasteiger partial charge in [0, 0.05) is 12.3 Å². The van der Waals surface area contributed by atoms with Crippen molar-refractivity contribution in [3.8, 4) is 0 Å². The molecular formula is C11H25NOS. The van der Waals surface area contributed by atoms with Crippen LogP contribution in [-0.4, -0.2) is 47.3 Å². The molecule has 0 bridgehead atoms. The second-order valence-corrected chi connectivity index (χ2v) is 4.93. The maximum Gasteiger partial charge on any atom is 0.0757 e. The van der Waals surface area contributed by atoms with Gasteiger partial charge < -0.3 is 10.0 Å². The van der Waals surface area contributed by atoms with Gasteiger partial charge in [0.15, 0.2) is 0 Å². The molecule has 86 valence electrons. The van der Waals surface area contributed by atoms with Crippen LogP contribution in [0.1, 0.15) is 33.6 Å². The van der Waals surface area contributed by atoms with Gasteiger partial charge in [-0.25, -0.2) is 0 Å². The molecule has 1 unspecified atom stereocenters. The molecule has 0 rings (SSSR count). The lowest BCUT2D eigenvalue weighted by molar-refractivity contribution is 0.130. The third-order valence-electron chi connectivity index (χ3n) is 2.06. The zero-order valence-electron chi connectivity index (χ0n) is 9.83. The van der Waals surface area contributed by atoms with Crippen LogP contribution < -0.4 is 0 Å². The molecule has 0 fully saturated rings. The van der Waals surface area contributed by atoms with Crippen LogP contribution in [-0.2, 0) is 0 Å². The summed E-state index contributed by atoms with van der Waals surface area (Å²) in [4.78, 5) is 2.36. The van der Waals surface area contributed by atoms with Crippen LogP contribution in [0.2, 0.25) is 0 Å². The zero-order valence-corrected chi connectivity index (χ0v) is 10.6. The van der Waals surface area contributed by atoms with Gasteiger partial charge >= 0.3 is 0 Å². The van der Waals surface area contributed by atoms with E-state index in [2.05, 4.69) is 25.7 Å². The van der Waals surface area contributed by atoms with Crippen LogP contribution in [0, 0.1) is 0 Å². The highest BCUT2D eigenvalue weighted by atomic mass is 32.2. The first-order valence-electron chi connectivity index (χ1n) is 5.72. The van der Waals surface area contributed by atoms with Gasteiger partial charge in [-0.2, -0.15) is 11.8 Å². The summed E-state index contributed by atoms with van der Waals surface area (Å²) in [5.41, 5.74) is 0. The fourth-order valence-corrected chi connectivity index (χ4v) is 2.14. The van der Waals surface area contributed by atoms with E-state index in [0.717, 1.165) is 31.1 Å². The van der Waals surface area contributed by atoms with Crippen molar-refractivity contribution in [1.29, 1.82) is 0 Å². The predicted octanol–water partition coefficient (Wildman–Crippen LogP) is 2.22. The van der Waals surface area contributed by atoms with E-state index in [9.17, 15) is 5.11 Å². The molecule has 3 heteroatoms. The molecule has 0 spiro atoms. The maximum atomic E-state index is 9.74. The molecule has 2 nitrogen and oxygen atoms in total. The van der Waals surface area contributed by atoms with Gasteiger partial charge in [0.25, 0.3) is 0 Å². The van der Waals surface area contributed by atoms with E-state index in [-0.39, 0.29) is 6.10 Å². The molecule has 0 aliphatic rings. The summed E-state index contributed by atoms with van der Waals surface area (Å²) in [5, 5.41) is 9.74. The van der Waals surface area contributed by atoms with E-state index in [1.165, 1.54) is 12.8 Å². The van der Waals surface area contributed by atoms with Crippen molar-refractivity contribution in [2.24, 2.45) is 0 Å². The van der Waals surface area contributed by atoms with Gasteiger partial charge in [0.05, 0.1) is 6.10 Å². The van der Waals surface area contributed by atoms with Crippen LogP contribution in [0.15, 0.2) is 0 Å². The number of rotatable bonds is 9. The highest BCUT2D eigenvalue weighted by molar-refractivity contribution is 7.99. The summed E-state index contributed by atoms with van der Waals surface area (Å²) in [7, 11) is 0. The number of hydrogen-bond acceptors (Lipinski definition) is 3. The fraction of sp³-hybridized carbons (Fsp3) is 1.00. The monoisotopic (exact) mass is 219 g/mol. The van der Waals surface area contributed by atoms with Crippen LogP contribution in [0.25, 0.3) is 0 Å². The maximum absolute atomic E-state index is 9.74. The van der Waals surface area contributed by atoms with E-state index in [1.807, 2.05) is 11.8 Å². The summed E-state index contributed by atoms with van der Waals surface area (Å²) >= 11 is 1.82. The van der Waals surface area contributed by atoms with Crippen molar-refractivity contribution in [3.05, 3.63) is 0 Å².